The predicted molar refractivity (Wildman–Crippen MR) is 98.1 cm³/mol. The quantitative estimate of drug-likeness (QED) is 0.724. The number of benzene rings is 2. The second kappa shape index (κ2) is 8.65. The molecule has 3 rings (SSSR count). The Hall–Kier alpha value is -2.91. The maximum atomic E-state index is 12.2. The average molecular weight is 388 g/mol. The number of carbonyl (C=O) groups excluding carboxylic acids is 1. The number of halogens is 1. The molecule has 2 aromatic carbocycles. The molecule has 0 amide bonds. The summed E-state index contributed by atoms with van der Waals surface area (Å²) >= 11 is 6.24. The highest BCUT2D eigenvalue weighted by Crippen LogP contribution is 2.38. The smallest absolute Gasteiger partial charge is 0.347 e. The van der Waals surface area contributed by atoms with Gasteiger partial charge in [-0.2, -0.15) is 5.26 Å². The molecule has 6 nitrogen and oxygen atoms in total. The minimum Gasteiger partial charge on any atom is -0.489 e. The molecule has 140 valence electrons. The first kappa shape index (κ1) is 18.9. The van der Waals surface area contributed by atoms with E-state index in [0.717, 1.165) is 6.42 Å². The average Bonchev–Trinajstić information content (AvgIpc) is 2.92. The third-order valence-corrected chi connectivity index (χ3v) is 4.15. The van der Waals surface area contributed by atoms with E-state index in [-0.39, 0.29) is 6.61 Å². The molecule has 1 aliphatic rings. The summed E-state index contributed by atoms with van der Waals surface area (Å²) in [4.78, 5) is 12.2. The van der Waals surface area contributed by atoms with Crippen LogP contribution in [0.2, 0.25) is 5.02 Å². The van der Waals surface area contributed by atoms with Crippen LogP contribution in [-0.4, -0.2) is 25.3 Å². The van der Waals surface area contributed by atoms with Crippen LogP contribution in [-0.2, 0) is 16.1 Å². The van der Waals surface area contributed by atoms with Crippen molar-refractivity contribution in [2.45, 2.75) is 26.1 Å². The standard InChI is InChI=1S/C20H18ClNO5/c1-13(27-16-5-3-14(11-22)4-6-16)20(23)26-12-15-9-17(21)19-18(10-15)24-7-2-8-25-19/h3-6,9-10,13H,2,7-8,12H2,1H3/t13-/m0/s1. The van der Waals surface area contributed by atoms with E-state index in [9.17, 15) is 4.79 Å². The molecule has 0 radical (unpaired) electrons. The predicted octanol–water partition coefficient (Wildman–Crippen LogP) is 3.88. The lowest BCUT2D eigenvalue weighted by atomic mass is 10.2. The third-order valence-electron chi connectivity index (χ3n) is 3.87. The molecule has 0 saturated carbocycles. The van der Waals surface area contributed by atoms with Crippen molar-refractivity contribution in [1.82, 2.24) is 0 Å². The lowest BCUT2D eigenvalue weighted by Gasteiger charge is -2.15. The topological polar surface area (TPSA) is 77.8 Å². The minimum absolute atomic E-state index is 0.0380. The first-order valence-electron chi connectivity index (χ1n) is 8.48. The van der Waals surface area contributed by atoms with Crippen molar-refractivity contribution < 1.29 is 23.7 Å². The highest BCUT2D eigenvalue weighted by atomic mass is 35.5. The Kier molecular flexibility index (Phi) is 6.05. The summed E-state index contributed by atoms with van der Waals surface area (Å²) in [5.41, 5.74) is 1.21. The summed E-state index contributed by atoms with van der Waals surface area (Å²) in [5, 5.41) is 9.21. The highest BCUT2D eigenvalue weighted by Gasteiger charge is 2.19. The number of nitrogens with zero attached hydrogens (tertiary/aromatic N) is 1. The van der Waals surface area contributed by atoms with E-state index in [4.69, 9.17) is 35.8 Å². The number of carbonyl (C=O) groups is 1. The Morgan fingerprint density at radius 1 is 1.26 bits per heavy atom. The molecule has 0 bridgehead atoms. The van der Waals surface area contributed by atoms with Gasteiger partial charge in [-0.3, -0.25) is 0 Å². The van der Waals surface area contributed by atoms with E-state index in [2.05, 4.69) is 0 Å². The van der Waals surface area contributed by atoms with Gasteiger partial charge in [0.15, 0.2) is 17.6 Å². The molecule has 0 saturated heterocycles. The van der Waals surface area contributed by atoms with Gasteiger partial charge in [0, 0.05) is 6.42 Å². The van der Waals surface area contributed by atoms with E-state index < -0.39 is 12.1 Å². The van der Waals surface area contributed by atoms with Gasteiger partial charge in [-0.1, -0.05) is 11.6 Å². The fourth-order valence-electron chi connectivity index (χ4n) is 2.50. The van der Waals surface area contributed by atoms with E-state index >= 15 is 0 Å². The molecule has 0 spiro atoms. The van der Waals surface area contributed by atoms with Crippen LogP contribution in [0.5, 0.6) is 17.2 Å². The molecule has 7 heteroatoms. The van der Waals surface area contributed by atoms with Gasteiger partial charge in [-0.15, -0.1) is 0 Å². The third kappa shape index (κ3) is 4.83. The maximum Gasteiger partial charge on any atom is 0.347 e. The number of nitriles is 1. The zero-order valence-corrected chi connectivity index (χ0v) is 15.5. The molecule has 0 fully saturated rings. The molecule has 27 heavy (non-hydrogen) atoms. The molecule has 0 N–H and O–H groups in total. The van der Waals surface area contributed by atoms with E-state index in [0.29, 0.717) is 46.6 Å². The van der Waals surface area contributed by atoms with Gasteiger partial charge in [-0.25, -0.2) is 4.79 Å². The normalized spacial score (nSPS) is 13.8. The Morgan fingerprint density at radius 2 is 2.00 bits per heavy atom. The molecule has 1 heterocycles. The van der Waals surface area contributed by atoms with Gasteiger partial charge >= 0.3 is 5.97 Å². The van der Waals surface area contributed by atoms with Crippen LogP contribution < -0.4 is 14.2 Å². The summed E-state index contributed by atoms with van der Waals surface area (Å²) in [6.45, 7) is 2.73. The van der Waals surface area contributed by atoms with Crippen molar-refractivity contribution in [3.05, 3.63) is 52.5 Å². The summed E-state index contributed by atoms with van der Waals surface area (Å²) in [6, 6.07) is 12.0. The fourth-order valence-corrected chi connectivity index (χ4v) is 2.79. The van der Waals surface area contributed by atoms with Crippen molar-refractivity contribution in [3.63, 3.8) is 0 Å². The number of esters is 1. The molecule has 1 aliphatic heterocycles. The van der Waals surface area contributed by atoms with Gasteiger partial charge in [0.25, 0.3) is 0 Å². The monoisotopic (exact) mass is 387 g/mol. The van der Waals surface area contributed by atoms with Gasteiger partial charge in [0.1, 0.15) is 12.4 Å². The van der Waals surface area contributed by atoms with E-state index in [1.165, 1.54) is 0 Å². The maximum absolute atomic E-state index is 12.2. The Bertz CT molecular complexity index is 860. The molecule has 1 atom stereocenters. The highest BCUT2D eigenvalue weighted by molar-refractivity contribution is 6.32. The van der Waals surface area contributed by atoms with Gasteiger partial charge in [-0.05, 0) is 48.9 Å². The number of hydrogen-bond donors (Lipinski definition) is 0. The van der Waals surface area contributed by atoms with Crippen LogP contribution in [0, 0.1) is 11.3 Å². The van der Waals surface area contributed by atoms with Crippen LogP contribution >= 0.6 is 11.6 Å². The van der Waals surface area contributed by atoms with Crippen LogP contribution in [0.25, 0.3) is 0 Å². The molecule has 0 aliphatic carbocycles. The van der Waals surface area contributed by atoms with Crippen molar-refractivity contribution >= 4 is 17.6 Å². The molecular weight excluding hydrogens is 370 g/mol. The first-order valence-corrected chi connectivity index (χ1v) is 8.86. The molecule has 0 aromatic heterocycles. The van der Waals surface area contributed by atoms with Crippen molar-refractivity contribution in [1.29, 1.82) is 5.26 Å². The van der Waals surface area contributed by atoms with Crippen LogP contribution in [0.1, 0.15) is 24.5 Å². The molecular formula is C20H18ClNO5. The zero-order chi connectivity index (χ0) is 19.2. The number of fused-ring (bicyclic) bond motifs is 1. The lowest BCUT2D eigenvalue weighted by Crippen LogP contribution is -2.26. The summed E-state index contributed by atoms with van der Waals surface area (Å²) in [5.74, 6) is 1.04. The van der Waals surface area contributed by atoms with E-state index in [1.807, 2.05) is 6.07 Å². The van der Waals surface area contributed by atoms with Crippen molar-refractivity contribution in [3.8, 4) is 23.3 Å². The van der Waals surface area contributed by atoms with Crippen LogP contribution in [0.15, 0.2) is 36.4 Å². The molecule has 0 unspecified atom stereocenters. The molecule has 2 aromatic rings. The summed E-state index contributed by atoms with van der Waals surface area (Å²) in [7, 11) is 0. The van der Waals surface area contributed by atoms with Crippen molar-refractivity contribution in [2.75, 3.05) is 13.2 Å². The summed E-state index contributed by atoms with van der Waals surface area (Å²) < 4.78 is 22.1. The Balaban J connectivity index is 1.59. The number of ether oxygens (including phenoxy) is 4. The van der Waals surface area contributed by atoms with E-state index in [1.54, 1.807) is 43.3 Å². The lowest BCUT2D eigenvalue weighted by molar-refractivity contribution is -0.152. The van der Waals surface area contributed by atoms with Gasteiger partial charge < -0.3 is 18.9 Å². The second-order valence-corrected chi connectivity index (χ2v) is 6.37. The fraction of sp³-hybridized carbons (Fsp3) is 0.300. The largest absolute Gasteiger partial charge is 0.489 e. The Morgan fingerprint density at radius 3 is 2.74 bits per heavy atom. The van der Waals surface area contributed by atoms with Gasteiger partial charge in [0.05, 0.1) is 29.9 Å². The minimum atomic E-state index is -0.797. The first-order chi connectivity index (χ1) is 13.1. The zero-order valence-electron chi connectivity index (χ0n) is 14.7. The number of rotatable bonds is 5. The van der Waals surface area contributed by atoms with Crippen LogP contribution in [0.4, 0.5) is 0 Å². The van der Waals surface area contributed by atoms with Crippen LogP contribution in [0.3, 0.4) is 0 Å². The second-order valence-electron chi connectivity index (χ2n) is 5.96. The van der Waals surface area contributed by atoms with Gasteiger partial charge in [0.2, 0.25) is 0 Å². The summed E-state index contributed by atoms with van der Waals surface area (Å²) in [6.07, 6.45) is -0.0201. The Labute approximate surface area is 162 Å². The van der Waals surface area contributed by atoms with Crippen molar-refractivity contribution in [2.24, 2.45) is 0 Å². The SMILES string of the molecule is C[C@H](Oc1ccc(C#N)cc1)C(=O)OCc1cc(Cl)c2c(c1)OCCCO2. The number of hydrogen-bond acceptors (Lipinski definition) is 6.